The molecule has 4 rings (SSSR count). The van der Waals surface area contributed by atoms with Gasteiger partial charge in [0.2, 0.25) is 11.8 Å². The number of aromatic amines is 1. The van der Waals surface area contributed by atoms with Crippen molar-refractivity contribution in [1.29, 1.82) is 0 Å². The molecule has 1 aliphatic rings. The summed E-state index contributed by atoms with van der Waals surface area (Å²) in [6.45, 7) is 2.47. The van der Waals surface area contributed by atoms with E-state index in [9.17, 15) is 14.0 Å². The van der Waals surface area contributed by atoms with Gasteiger partial charge in [-0.2, -0.15) is 0 Å². The molecule has 2 aromatic carbocycles. The quantitative estimate of drug-likeness (QED) is 0.747. The molecule has 0 fully saturated rings. The summed E-state index contributed by atoms with van der Waals surface area (Å²) in [7, 11) is 0. The van der Waals surface area contributed by atoms with Crippen molar-refractivity contribution in [3.63, 3.8) is 0 Å². The molecule has 0 spiro atoms. The highest BCUT2D eigenvalue weighted by Gasteiger charge is 2.26. The molecule has 5 nitrogen and oxygen atoms in total. The third-order valence-corrected chi connectivity index (χ3v) is 5.23. The van der Waals surface area contributed by atoms with Gasteiger partial charge in [0.1, 0.15) is 5.82 Å². The van der Waals surface area contributed by atoms with Crippen molar-refractivity contribution in [1.82, 2.24) is 4.98 Å². The van der Waals surface area contributed by atoms with Gasteiger partial charge in [0.25, 0.3) is 0 Å². The average molecular weight is 365 g/mol. The highest BCUT2D eigenvalue weighted by Crippen LogP contribution is 2.31. The topological polar surface area (TPSA) is 79.2 Å². The zero-order valence-electron chi connectivity index (χ0n) is 15.0. The molecule has 1 aromatic heterocycles. The van der Waals surface area contributed by atoms with Crippen LogP contribution >= 0.6 is 0 Å². The molecule has 0 aliphatic carbocycles. The summed E-state index contributed by atoms with van der Waals surface area (Å²) in [4.78, 5) is 29.7. The third kappa shape index (κ3) is 2.97. The zero-order chi connectivity index (χ0) is 19.1. The summed E-state index contributed by atoms with van der Waals surface area (Å²) < 4.78 is 13.7. The van der Waals surface area contributed by atoms with Gasteiger partial charge in [0.05, 0.1) is 6.42 Å². The zero-order valence-corrected chi connectivity index (χ0v) is 15.0. The molecule has 3 aromatic rings. The smallest absolute Gasteiger partial charge is 0.249 e. The van der Waals surface area contributed by atoms with Gasteiger partial charge in [-0.1, -0.05) is 6.07 Å². The first-order valence-electron chi connectivity index (χ1n) is 8.94. The molecule has 6 heteroatoms. The van der Waals surface area contributed by atoms with E-state index in [-0.39, 0.29) is 18.1 Å². The van der Waals surface area contributed by atoms with E-state index in [1.54, 1.807) is 23.1 Å². The minimum Gasteiger partial charge on any atom is -0.366 e. The minimum absolute atomic E-state index is 0.0779. The van der Waals surface area contributed by atoms with Gasteiger partial charge in [-0.15, -0.1) is 0 Å². The second kappa shape index (κ2) is 6.54. The number of halogens is 1. The number of carbonyl (C=O) groups is 2. The Hall–Kier alpha value is -3.15. The number of aromatic nitrogens is 1. The van der Waals surface area contributed by atoms with Crippen LogP contribution in [-0.4, -0.2) is 23.3 Å². The molecule has 2 amide bonds. The standard InChI is InChI=1S/C21H20FN3O2/c1-12-16(17-10-13(22)7-8-18(17)24-12)11-20(26)25-9-3-5-14-15(21(23)27)4-2-6-19(14)25/h2,4,6-8,10,24H,3,5,9,11H2,1H3,(H2,23,27). The van der Waals surface area contributed by atoms with Crippen LogP contribution in [0.4, 0.5) is 10.1 Å². The van der Waals surface area contributed by atoms with Crippen LogP contribution in [0.15, 0.2) is 36.4 Å². The molecule has 138 valence electrons. The summed E-state index contributed by atoms with van der Waals surface area (Å²) in [5.74, 6) is -0.889. The summed E-state index contributed by atoms with van der Waals surface area (Å²) in [6.07, 6.45) is 1.65. The number of fused-ring (bicyclic) bond motifs is 2. The maximum Gasteiger partial charge on any atom is 0.249 e. The summed E-state index contributed by atoms with van der Waals surface area (Å²) in [6, 6.07) is 9.83. The molecule has 2 heterocycles. The van der Waals surface area contributed by atoms with E-state index in [2.05, 4.69) is 4.98 Å². The number of nitrogens with two attached hydrogens (primary N) is 1. The van der Waals surface area contributed by atoms with E-state index in [0.29, 0.717) is 12.1 Å². The van der Waals surface area contributed by atoms with Gasteiger partial charge in [0, 0.05) is 34.4 Å². The summed E-state index contributed by atoms with van der Waals surface area (Å²) in [5.41, 5.74) is 9.98. The number of nitrogens with one attached hydrogen (secondary N) is 1. The van der Waals surface area contributed by atoms with Crippen molar-refractivity contribution in [2.45, 2.75) is 26.2 Å². The molecule has 0 saturated heterocycles. The van der Waals surface area contributed by atoms with Crippen molar-refractivity contribution in [2.75, 3.05) is 11.4 Å². The lowest BCUT2D eigenvalue weighted by atomic mass is 9.95. The number of benzene rings is 2. The number of amides is 2. The van der Waals surface area contributed by atoms with Gasteiger partial charge in [-0.05, 0) is 61.2 Å². The van der Waals surface area contributed by atoms with E-state index in [0.717, 1.165) is 46.3 Å². The van der Waals surface area contributed by atoms with Crippen LogP contribution in [0.25, 0.3) is 10.9 Å². The highest BCUT2D eigenvalue weighted by molar-refractivity contribution is 6.02. The fourth-order valence-corrected chi connectivity index (χ4v) is 3.94. The van der Waals surface area contributed by atoms with Gasteiger partial charge in [-0.3, -0.25) is 9.59 Å². The Morgan fingerprint density at radius 1 is 1.26 bits per heavy atom. The van der Waals surface area contributed by atoms with Crippen molar-refractivity contribution >= 4 is 28.4 Å². The summed E-state index contributed by atoms with van der Waals surface area (Å²) in [5, 5.41) is 0.726. The lowest BCUT2D eigenvalue weighted by molar-refractivity contribution is -0.118. The number of rotatable bonds is 3. The molecule has 0 unspecified atom stereocenters. The van der Waals surface area contributed by atoms with Crippen LogP contribution in [0.3, 0.4) is 0 Å². The molecular weight excluding hydrogens is 345 g/mol. The number of anilines is 1. The highest BCUT2D eigenvalue weighted by atomic mass is 19.1. The van der Waals surface area contributed by atoms with E-state index in [1.165, 1.54) is 12.1 Å². The van der Waals surface area contributed by atoms with Crippen LogP contribution in [0.5, 0.6) is 0 Å². The Morgan fingerprint density at radius 3 is 2.85 bits per heavy atom. The van der Waals surface area contributed by atoms with Crippen molar-refractivity contribution in [3.8, 4) is 0 Å². The Labute approximate surface area is 156 Å². The molecule has 3 N–H and O–H groups in total. The number of aryl methyl sites for hydroxylation is 1. The van der Waals surface area contributed by atoms with Gasteiger partial charge in [0.15, 0.2) is 0 Å². The van der Waals surface area contributed by atoms with E-state index in [4.69, 9.17) is 5.73 Å². The Bertz CT molecular complexity index is 1070. The van der Waals surface area contributed by atoms with Gasteiger partial charge >= 0.3 is 0 Å². The van der Waals surface area contributed by atoms with Crippen molar-refractivity contribution < 1.29 is 14.0 Å². The normalized spacial score (nSPS) is 13.6. The Balaban J connectivity index is 1.70. The molecule has 0 saturated carbocycles. The van der Waals surface area contributed by atoms with Gasteiger partial charge < -0.3 is 15.6 Å². The average Bonchev–Trinajstić information content (AvgIpc) is 2.95. The van der Waals surface area contributed by atoms with E-state index >= 15 is 0 Å². The SMILES string of the molecule is Cc1[nH]c2ccc(F)cc2c1CC(=O)N1CCCc2c(C(N)=O)cccc21. The van der Waals surface area contributed by atoms with Crippen LogP contribution < -0.4 is 10.6 Å². The molecule has 1 aliphatic heterocycles. The Morgan fingerprint density at radius 2 is 2.07 bits per heavy atom. The lowest BCUT2D eigenvalue weighted by Crippen LogP contribution is -2.37. The Kier molecular flexibility index (Phi) is 4.18. The molecular formula is C21H20FN3O2. The lowest BCUT2D eigenvalue weighted by Gasteiger charge is -2.30. The minimum atomic E-state index is -0.482. The second-order valence-electron chi connectivity index (χ2n) is 6.91. The third-order valence-electron chi connectivity index (χ3n) is 5.23. The van der Waals surface area contributed by atoms with Crippen LogP contribution in [0, 0.1) is 12.7 Å². The maximum absolute atomic E-state index is 13.7. The van der Waals surface area contributed by atoms with E-state index < -0.39 is 5.91 Å². The predicted octanol–water partition coefficient (Wildman–Crippen LogP) is 3.24. The second-order valence-corrected chi connectivity index (χ2v) is 6.91. The fourth-order valence-electron chi connectivity index (χ4n) is 3.94. The van der Waals surface area contributed by atoms with Crippen LogP contribution in [0.2, 0.25) is 0 Å². The molecule has 0 atom stereocenters. The number of carbonyl (C=O) groups excluding carboxylic acids is 2. The van der Waals surface area contributed by atoms with Crippen molar-refractivity contribution in [2.24, 2.45) is 5.73 Å². The number of hydrogen-bond donors (Lipinski definition) is 2. The first kappa shape index (κ1) is 17.3. The number of hydrogen-bond acceptors (Lipinski definition) is 2. The molecule has 0 radical (unpaired) electrons. The number of primary amides is 1. The molecule has 27 heavy (non-hydrogen) atoms. The predicted molar refractivity (Wildman–Crippen MR) is 102 cm³/mol. The van der Waals surface area contributed by atoms with Gasteiger partial charge in [-0.25, -0.2) is 4.39 Å². The fraction of sp³-hybridized carbons (Fsp3) is 0.238. The van der Waals surface area contributed by atoms with Crippen LogP contribution in [0.1, 0.15) is 33.6 Å². The van der Waals surface area contributed by atoms with Crippen molar-refractivity contribution in [3.05, 3.63) is 64.6 Å². The largest absolute Gasteiger partial charge is 0.366 e. The monoisotopic (exact) mass is 365 g/mol. The van der Waals surface area contributed by atoms with Crippen LogP contribution in [-0.2, 0) is 17.6 Å². The first-order chi connectivity index (χ1) is 13.0. The number of nitrogens with zero attached hydrogens (tertiary/aromatic N) is 1. The van der Waals surface area contributed by atoms with E-state index in [1.807, 2.05) is 13.0 Å². The molecule has 0 bridgehead atoms. The summed E-state index contributed by atoms with van der Waals surface area (Å²) >= 11 is 0. The number of H-pyrrole nitrogens is 1. The maximum atomic E-state index is 13.7. The first-order valence-corrected chi connectivity index (χ1v) is 8.94.